The normalized spacial score (nSPS) is 13.6. The lowest BCUT2D eigenvalue weighted by Crippen LogP contribution is -2.22. The Hall–Kier alpha value is -3.11. The third-order valence-electron chi connectivity index (χ3n) is 3.98. The van der Waals surface area contributed by atoms with Crippen molar-refractivity contribution in [2.45, 2.75) is 0 Å². The van der Waals surface area contributed by atoms with Gasteiger partial charge in [-0.1, -0.05) is 36.1 Å². The highest BCUT2D eigenvalue weighted by Gasteiger charge is 2.26. The van der Waals surface area contributed by atoms with E-state index >= 15 is 0 Å². The Balaban J connectivity index is 1.63. The van der Waals surface area contributed by atoms with Crippen LogP contribution < -0.4 is 19.5 Å². The van der Waals surface area contributed by atoms with Crippen molar-refractivity contribution in [3.8, 4) is 17.2 Å². The van der Waals surface area contributed by atoms with Crippen LogP contribution in [0.5, 0.6) is 17.2 Å². The third-order valence-corrected chi connectivity index (χ3v) is 5.32. The first-order chi connectivity index (χ1) is 14.5. The van der Waals surface area contributed by atoms with E-state index in [4.69, 9.17) is 26.4 Å². The van der Waals surface area contributed by atoms with Crippen molar-refractivity contribution in [1.29, 1.82) is 0 Å². The predicted molar refractivity (Wildman–Crippen MR) is 120 cm³/mol. The second kappa shape index (κ2) is 10.1. The maximum absolute atomic E-state index is 12.2. The minimum atomic E-state index is -0.342. The number of amides is 2. The summed E-state index contributed by atoms with van der Waals surface area (Å²) in [6.45, 7) is -0.213. The smallest absolute Gasteiger partial charge is 0.262 e. The van der Waals surface area contributed by atoms with Gasteiger partial charge in [0.15, 0.2) is 22.4 Å². The lowest BCUT2D eigenvalue weighted by molar-refractivity contribution is -0.124. The molecule has 0 saturated carbocycles. The van der Waals surface area contributed by atoms with Gasteiger partial charge in [0.05, 0.1) is 31.9 Å². The Morgan fingerprint density at radius 2 is 1.97 bits per heavy atom. The van der Waals surface area contributed by atoms with Gasteiger partial charge >= 0.3 is 0 Å². The molecule has 2 aromatic carbocycles. The van der Waals surface area contributed by atoms with Crippen LogP contribution in [0.3, 0.4) is 0 Å². The monoisotopic (exact) mass is 445 g/mol. The fourth-order valence-corrected chi connectivity index (χ4v) is 3.51. The Morgan fingerprint density at radius 1 is 1.20 bits per heavy atom. The predicted octanol–water partition coefficient (Wildman–Crippen LogP) is 2.92. The van der Waals surface area contributed by atoms with Gasteiger partial charge in [-0.15, -0.1) is 0 Å². The van der Waals surface area contributed by atoms with Crippen molar-refractivity contribution < 1.29 is 23.8 Å². The lowest BCUT2D eigenvalue weighted by Gasteiger charge is -2.13. The first kappa shape index (κ1) is 21.6. The number of para-hydroxylation sites is 2. The van der Waals surface area contributed by atoms with Gasteiger partial charge in [-0.05, 0) is 35.9 Å². The number of carbonyl (C=O) groups excluding carboxylic acids is 2. The molecule has 1 saturated heterocycles. The number of thiocarbonyl (C=S) groups is 1. The summed E-state index contributed by atoms with van der Waals surface area (Å²) in [6, 6.07) is 12.2. The minimum Gasteiger partial charge on any atom is -0.495 e. The summed E-state index contributed by atoms with van der Waals surface area (Å²) in [7, 11) is 3.02. The molecule has 0 bridgehead atoms. The molecular weight excluding hydrogens is 426 g/mol. The molecule has 30 heavy (non-hydrogen) atoms. The third kappa shape index (κ3) is 5.28. The number of benzene rings is 2. The fourth-order valence-electron chi connectivity index (χ4n) is 2.54. The quantitative estimate of drug-likeness (QED) is 0.494. The molecule has 0 aromatic heterocycles. The second-order valence-corrected chi connectivity index (χ2v) is 7.56. The van der Waals surface area contributed by atoms with Crippen LogP contribution in [0, 0.1) is 0 Å². The van der Waals surface area contributed by atoms with E-state index in [-0.39, 0.29) is 18.4 Å². The number of methoxy groups -OCH3 is 2. The van der Waals surface area contributed by atoms with Gasteiger partial charge in [-0.3, -0.25) is 9.59 Å². The number of anilines is 1. The van der Waals surface area contributed by atoms with Crippen LogP contribution in [-0.4, -0.2) is 53.9 Å². The van der Waals surface area contributed by atoms with Crippen molar-refractivity contribution in [2.24, 2.45) is 5.10 Å². The van der Waals surface area contributed by atoms with Crippen LogP contribution >= 0.6 is 24.0 Å². The van der Waals surface area contributed by atoms with Crippen molar-refractivity contribution in [2.75, 3.05) is 31.9 Å². The molecule has 0 atom stereocenters. The molecule has 3 rings (SSSR count). The molecule has 1 N–H and O–H groups in total. The standard InChI is InChI=1S/C20H19N3O5S2/c1-26-15-6-4-3-5-14(15)22-18(24)11-28-16-8-7-13(9-17(16)27-2)10-21-23-19(25)12-30-20(23)29/h3-10H,11-12H2,1-2H3,(H,22,24)/b21-10-. The number of hydrazone groups is 1. The van der Waals surface area contributed by atoms with Gasteiger partial charge in [-0.25, -0.2) is 0 Å². The number of thioether (sulfide) groups is 1. The number of nitrogens with one attached hydrogen (secondary N) is 1. The highest BCUT2D eigenvalue weighted by atomic mass is 32.2. The van der Waals surface area contributed by atoms with Crippen LogP contribution in [0.25, 0.3) is 0 Å². The number of nitrogens with zero attached hydrogens (tertiary/aromatic N) is 2. The van der Waals surface area contributed by atoms with E-state index in [2.05, 4.69) is 10.4 Å². The molecule has 0 aliphatic carbocycles. The molecule has 156 valence electrons. The Kier molecular flexibility index (Phi) is 7.26. The highest BCUT2D eigenvalue weighted by Crippen LogP contribution is 2.28. The van der Waals surface area contributed by atoms with E-state index in [1.54, 1.807) is 36.4 Å². The fraction of sp³-hybridized carbons (Fsp3) is 0.200. The number of hydrogen-bond donors (Lipinski definition) is 1. The van der Waals surface area contributed by atoms with E-state index in [0.29, 0.717) is 38.6 Å². The summed E-state index contributed by atoms with van der Waals surface area (Å²) in [6.07, 6.45) is 1.51. The number of carbonyl (C=O) groups is 2. The molecule has 0 spiro atoms. The van der Waals surface area contributed by atoms with Crippen molar-refractivity contribution in [3.05, 3.63) is 48.0 Å². The lowest BCUT2D eigenvalue weighted by atomic mass is 10.2. The van der Waals surface area contributed by atoms with E-state index < -0.39 is 0 Å². The first-order valence-electron chi connectivity index (χ1n) is 8.79. The van der Waals surface area contributed by atoms with Crippen molar-refractivity contribution in [1.82, 2.24) is 5.01 Å². The van der Waals surface area contributed by atoms with Gasteiger partial charge in [0.25, 0.3) is 11.8 Å². The second-order valence-electron chi connectivity index (χ2n) is 5.95. The number of rotatable bonds is 8. The number of hydrogen-bond acceptors (Lipinski definition) is 8. The van der Waals surface area contributed by atoms with Gasteiger partial charge in [0.2, 0.25) is 0 Å². The first-order valence-corrected chi connectivity index (χ1v) is 10.2. The number of ether oxygens (including phenoxy) is 3. The molecule has 0 radical (unpaired) electrons. The minimum absolute atomic E-state index is 0.158. The SMILES string of the molecule is COc1ccccc1NC(=O)COc1ccc(/C=N\N2C(=O)CSC2=S)cc1OC. The molecule has 8 nitrogen and oxygen atoms in total. The average molecular weight is 446 g/mol. The maximum Gasteiger partial charge on any atom is 0.262 e. The largest absolute Gasteiger partial charge is 0.495 e. The highest BCUT2D eigenvalue weighted by molar-refractivity contribution is 8.23. The summed E-state index contributed by atoms with van der Waals surface area (Å²) in [5, 5.41) is 8.05. The van der Waals surface area contributed by atoms with E-state index in [9.17, 15) is 9.59 Å². The molecule has 10 heteroatoms. The van der Waals surface area contributed by atoms with Crippen LogP contribution in [0.15, 0.2) is 47.6 Å². The zero-order chi connectivity index (χ0) is 21.5. The zero-order valence-electron chi connectivity index (χ0n) is 16.3. The van der Waals surface area contributed by atoms with E-state index in [1.807, 2.05) is 6.07 Å². The van der Waals surface area contributed by atoms with Gasteiger partial charge < -0.3 is 19.5 Å². The summed E-state index contributed by atoms with van der Waals surface area (Å²) in [5.74, 6) is 1.17. The van der Waals surface area contributed by atoms with Gasteiger partial charge in [0, 0.05) is 0 Å². The van der Waals surface area contributed by atoms with Crippen molar-refractivity contribution in [3.63, 3.8) is 0 Å². The summed E-state index contributed by atoms with van der Waals surface area (Å²) >= 11 is 6.36. The Labute approximate surface area is 183 Å². The van der Waals surface area contributed by atoms with Crippen LogP contribution in [0.4, 0.5) is 5.69 Å². The zero-order valence-corrected chi connectivity index (χ0v) is 17.9. The van der Waals surface area contributed by atoms with E-state index in [0.717, 1.165) is 0 Å². The maximum atomic E-state index is 12.2. The Bertz CT molecular complexity index is 980. The molecule has 0 unspecified atom stereocenters. The summed E-state index contributed by atoms with van der Waals surface area (Å²) in [5.41, 5.74) is 1.24. The van der Waals surface area contributed by atoms with Crippen LogP contribution in [0.1, 0.15) is 5.56 Å². The Morgan fingerprint density at radius 3 is 2.67 bits per heavy atom. The topological polar surface area (TPSA) is 89.5 Å². The van der Waals surface area contributed by atoms with Crippen LogP contribution in [0.2, 0.25) is 0 Å². The molecule has 1 heterocycles. The van der Waals surface area contributed by atoms with Gasteiger partial charge in [-0.2, -0.15) is 10.1 Å². The molecule has 2 amide bonds. The summed E-state index contributed by atoms with van der Waals surface area (Å²) < 4.78 is 16.6. The summed E-state index contributed by atoms with van der Waals surface area (Å²) in [4.78, 5) is 23.9. The van der Waals surface area contributed by atoms with Crippen molar-refractivity contribution >= 4 is 52.0 Å². The molecule has 2 aromatic rings. The molecule has 1 aliphatic rings. The average Bonchev–Trinajstić information content (AvgIpc) is 3.08. The molecular formula is C20H19N3O5S2. The van der Waals surface area contributed by atoms with Gasteiger partial charge in [0.1, 0.15) is 5.75 Å². The van der Waals surface area contributed by atoms with E-state index in [1.165, 1.54) is 37.2 Å². The van der Waals surface area contributed by atoms with Crippen LogP contribution in [-0.2, 0) is 9.59 Å². The molecule has 1 fully saturated rings. The molecule has 1 aliphatic heterocycles.